The lowest BCUT2D eigenvalue weighted by Crippen LogP contribution is -2.30. The van der Waals surface area contributed by atoms with Gasteiger partial charge in [0.05, 0.1) is 6.61 Å². The quantitative estimate of drug-likeness (QED) is 0.459. The van der Waals surface area contributed by atoms with Crippen LogP contribution in [0.4, 0.5) is 0 Å². The molecule has 0 amide bonds. The van der Waals surface area contributed by atoms with E-state index < -0.39 is 0 Å². The molecule has 0 fully saturated rings. The Labute approximate surface area is 169 Å². The Bertz CT molecular complexity index is 706. The fourth-order valence-corrected chi connectivity index (χ4v) is 4.00. The zero-order valence-electron chi connectivity index (χ0n) is 17.1. The van der Waals surface area contributed by atoms with Crippen LogP contribution in [0.2, 0.25) is 5.02 Å². The van der Waals surface area contributed by atoms with Crippen molar-refractivity contribution in [3.05, 3.63) is 63.6 Å². The minimum Gasteiger partial charge on any atom is -0.508 e. The van der Waals surface area contributed by atoms with Gasteiger partial charge in [0.2, 0.25) is 0 Å². The first-order valence-electron chi connectivity index (χ1n) is 10.2. The average molecular weight is 389 g/mol. The van der Waals surface area contributed by atoms with Gasteiger partial charge in [-0.3, -0.25) is 0 Å². The summed E-state index contributed by atoms with van der Waals surface area (Å²) in [5.74, 6) is 1.58. The van der Waals surface area contributed by atoms with Gasteiger partial charge in [0.15, 0.2) is 0 Å². The van der Waals surface area contributed by atoms with E-state index in [0.29, 0.717) is 5.76 Å². The van der Waals surface area contributed by atoms with Gasteiger partial charge in [0, 0.05) is 10.4 Å². The lowest BCUT2D eigenvalue weighted by molar-refractivity contribution is 0.104. The van der Waals surface area contributed by atoms with Crippen LogP contribution < -0.4 is 0 Å². The van der Waals surface area contributed by atoms with E-state index in [1.165, 1.54) is 11.3 Å². The molecule has 1 N–H and O–H groups in total. The van der Waals surface area contributed by atoms with Crippen LogP contribution in [0, 0.1) is 5.41 Å². The lowest BCUT2D eigenvalue weighted by atomic mass is 9.68. The fourth-order valence-electron chi connectivity index (χ4n) is 3.88. The molecule has 0 spiro atoms. The maximum Gasteiger partial charge on any atom is 0.115 e. The molecule has 0 atom stereocenters. The van der Waals surface area contributed by atoms with Crippen molar-refractivity contribution in [2.24, 2.45) is 5.41 Å². The average Bonchev–Trinajstić information content (AvgIpc) is 2.70. The summed E-state index contributed by atoms with van der Waals surface area (Å²) in [5, 5.41) is 11.5. The Hall–Kier alpha value is -1.67. The van der Waals surface area contributed by atoms with Crippen molar-refractivity contribution < 1.29 is 9.84 Å². The molecule has 1 aliphatic rings. The van der Waals surface area contributed by atoms with Crippen LogP contribution in [0.15, 0.2) is 53.0 Å². The van der Waals surface area contributed by atoms with Gasteiger partial charge in [-0.05, 0) is 73.4 Å². The van der Waals surface area contributed by atoms with Crippen molar-refractivity contribution in [1.82, 2.24) is 0 Å². The van der Waals surface area contributed by atoms with Gasteiger partial charge in [-0.25, -0.2) is 0 Å². The molecule has 1 aromatic carbocycles. The summed E-state index contributed by atoms with van der Waals surface area (Å²) in [6, 6.07) is 7.63. The monoisotopic (exact) mass is 388 g/mol. The topological polar surface area (TPSA) is 29.5 Å². The summed E-state index contributed by atoms with van der Waals surface area (Å²) < 4.78 is 6.25. The van der Waals surface area contributed by atoms with E-state index in [9.17, 15) is 5.11 Å². The van der Waals surface area contributed by atoms with E-state index in [1.54, 1.807) is 0 Å². The second-order valence-electron chi connectivity index (χ2n) is 7.35. The summed E-state index contributed by atoms with van der Waals surface area (Å²) >= 11 is 5.94. The molecule has 3 heteroatoms. The molecular formula is C24H33ClO2. The molecule has 0 saturated carbocycles. The third-order valence-corrected chi connectivity index (χ3v) is 5.93. The maximum atomic E-state index is 10.8. The summed E-state index contributed by atoms with van der Waals surface area (Å²) in [5.41, 5.74) is 3.47. The Kier molecular flexibility index (Phi) is 8.04. The summed E-state index contributed by atoms with van der Waals surface area (Å²) in [6.45, 7) is 9.56. The van der Waals surface area contributed by atoms with Crippen LogP contribution in [0.3, 0.4) is 0 Å². The van der Waals surface area contributed by atoms with Gasteiger partial charge in [0.25, 0.3) is 0 Å². The van der Waals surface area contributed by atoms with Crippen LogP contribution in [0.1, 0.15) is 71.8 Å². The maximum absolute atomic E-state index is 10.8. The standard InChI is InChI=1S/C24H33ClO2/c1-5-15-27-23-19(6-2)16-20(17-24(23,7-3)8-4)22(26)14-11-18-9-12-21(25)13-10-18/h9-14,26H,5-8,15-17H2,1-4H3/b14-11+,22-20+. The Balaban J connectivity index is 2.36. The number of ether oxygens (including phenoxy) is 1. The van der Waals surface area contributed by atoms with E-state index >= 15 is 0 Å². The van der Waals surface area contributed by atoms with E-state index in [-0.39, 0.29) is 5.41 Å². The minimum absolute atomic E-state index is 0.00378. The Morgan fingerprint density at radius 1 is 1.15 bits per heavy atom. The molecule has 0 saturated heterocycles. The molecule has 0 aliphatic heterocycles. The minimum atomic E-state index is -0.00378. The predicted octanol–water partition coefficient (Wildman–Crippen LogP) is 7.86. The number of halogens is 1. The number of benzene rings is 1. The van der Waals surface area contributed by atoms with E-state index in [4.69, 9.17) is 16.3 Å². The van der Waals surface area contributed by atoms with Gasteiger partial charge < -0.3 is 9.84 Å². The highest BCUT2D eigenvalue weighted by Crippen LogP contribution is 2.49. The van der Waals surface area contributed by atoms with Gasteiger partial charge in [0.1, 0.15) is 11.5 Å². The van der Waals surface area contributed by atoms with Crippen molar-refractivity contribution >= 4 is 17.7 Å². The second kappa shape index (κ2) is 10.0. The second-order valence-corrected chi connectivity index (χ2v) is 7.79. The predicted molar refractivity (Wildman–Crippen MR) is 116 cm³/mol. The molecule has 2 nitrogen and oxygen atoms in total. The molecule has 0 heterocycles. The van der Waals surface area contributed by atoms with Crippen LogP contribution in [-0.4, -0.2) is 11.7 Å². The van der Waals surface area contributed by atoms with Gasteiger partial charge in [-0.1, -0.05) is 57.5 Å². The first-order chi connectivity index (χ1) is 13.0. The molecular weight excluding hydrogens is 356 g/mol. The fraction of sp³-hybridized carbons (Fsp3) is 0.500. The molecule has 0 unspecified atom stereocenters. The zero-order chi connectivity index (χ0) is 19.9. The van der Waals surface area contributed by atoms with Crippen LogP contribution in [-0.2, 0) is 4.74 Å². The third kappa shape index (κ3) is 5.19. The highest BCUT2D eigenvalue weighted by atomic mass is 35.5. The van der Waals surface area contributed by atoms with Crippen LogP contribution >= 0.6 is 11.6 Å². The van der Waals surface area contributed by atoms with Gasteiger partial charge in [-0.2, -0.15) is 0 Å². The SMILES string of the molecule is CCCOC1=C(CC)C/C(=C(O)/C=C/c2ccc(Cl)cc2)CC1(CC)CC. The summed E-state index contributed by atoms with van der Waals surface area (Å²) in [6.07, 6.45) is 9.43. The van der Waals surface area contributed by atoms with Crippen molar-refractivity contribution in [1.29, 1.82) is 0 Å². The number of allylic oxidation sites excluding steroid dienone is 4. The van der Waals surface area contributed by atoms with Crippen LogP contribution in [0.25, 0.3) is 6.08 Å². The first-order valence-corrected chi connectivity index (χ1v) is 10.6. The van der Waals surface area contributed by atoms with Crippen LogP contribution in [0.5, 0.6) is 0 Å². The molecule has 1 aliphatic carbocycles. The Morgan fingerprint density at radius 3 is 2.37 bits per heavy atom. The highest BCUT2D eigenvalue weighted by molar-refractivity contribution is 6.30. The van der Waals surface area contributed by atoms with E-state index in [2.05, 4.69) is 27.7 Å². The molecule has 0 aromatic heterocycles. The third-order valence-electron chi connectivity index (χ3n) is 5.68. The summed E-state index contributed by atoms with van der Waals surface area (Å²) in [4.78, 5) is 0. The van der Waals surface area contributed by atoms with Crippen molar-refractivity contribution in [2.45, 2.75) is 66.2 Å². The van der Waals surface area contributed by atoms with Gasteiger partial charge >= 0.3 is 0 Å². The lowest BCUT2D eigenvalue weighted by Gasteiger charge is -2.40. The number of hydrogen-bond donors (Lipinski definition) is 1. The largest absolute Gasteiger partial charge is 0.508 e. The van der Waals surface area contributed by atoms with E-state index in [0.717, 1.165) is 61.3 Å². The van der Waals surface area contributed by atoms with E-state index in [1.807, 2.05) is 36.4 Å². The van der Waals surface area contributed by atoms with Gasteiger partial charge in [-0.15, -0.1) is 0 Å². The zero-order valence-corrected chi connectivity index (χ0v) is 17.9. The van der Waals surface area contributed by atoms with Crippen molar-refractivity contribution in [3.63, 3.8) is 0 Å². The molecule has 1 aromatic rings. The smallest absolute Gasteiger partial charge is 0.115 e. The normalized spacial score (nSPS) is 18.9. The molecule has 0 radical (unpaired) electrons. The Morgan fingerprint density at radius 2 is 1.81 bits per heavy atom. The highest BCUT2D eigenvalue weighted by Gasteiger charge is 2.39. The molecule has 27 heavy (non-hydrogen) atoms. The molecule has 2 rings (SSSR count). The van der Waals surface area contributed by atoms with Crippen molar-refractivity contribution in [3.8, 4) is 0 Å². The summed E-state index contributed by atoms with van der Waals surface area (Å²) in [7, 11) is 0. The number of rotatable bonds is 8. The van der Waals surface area contributed by atoms with Crippen molar-refractivity contribution in [2.75, 3.05) is 6.61 Å². The molecule has 148 valence electrons. The first kappa shape index (κ1) is 21.6. The number of aliphatic hydroxyl groups excluding tert-OH is 1. The number of hydrogen-bond acceptors (Lipinski definition) is 2. The number of aliphatic hydroxyl groups is 1. The molecule has 0 bridgehead atoms.